The van der Waals surface area contributed by atoms with Gasteiger partial charge in [-0.05, 0) is 38.7 Å². The normalized spacial score (nSPS) is 19.0. The van der Waals surface area contributed by atoms with Gasteiger partial charge in [-0.15, -0.1) is 0 Å². The average molecular weight is 222 g/mol. The van der Waals surface area contributed by atoms with Crippen molar-refractivity contribution >= 4 is 5.91 Å². The van der Waals surface area contributed by atoms with Crippen molar-refractivity contribution in [2.75, 3.05) is 19.6 Å². The van der Waals surface area contributed by atoms with Gasteiger partial charge in [0.25, 0.3) is 5.91 Å². The molecule has 90 valence electrons. The van der Waals surface area contributed by atoms with Gasteiger partial charge < -0.3 is 10.2 Å². The van der Waals surface area contributed by atoms with Crippen molar-refractivity contribution in [2.24, 2.45) is 0 Å². The first kappa shape index (κ1) is 13.1. The van der Waals surface area contributed by atoms with Gasteiger partial charge in [0.2, 0.25) is 0 Å². The summed E-state index contributed by atoms with van der Waals surface area (Å²) in [6, 6.07) is 0.472. The molecule has 0 aliphatic carbocycles. The molecule has 1 rings (SSSR count). The van der Waals surface area contributed by atoms with Gasteiger partial charge >= 0.3 is 0 Å². The van der Waals surface area contributed by atoms with Gasteiger partial charge in [-0.3, -0.25) is 4.79 Å². The van der Waals surface area contributed by atoms with Crippen molar-refractivity contribution < 1.29 is 4.79 Å². The largest absolute Gasteiger partial charge is 0.330 e. The molecule has 1 aliphatic rings. The molecule has 1 N–H and O–H groups in total. The fourth-order valence-corrected chi connectivity index (χ4v) is 1.99. The zero-order valence-corrected chi connectivity index (χ0v) is 10.4. The number of nitrogens with zero attached hydrogens (tertiary/aromatic N) is 1. The summed E-state index contributed by atoms with van der Waals surface area (Å²) < 4.78 is 0. The lowest BCUT2D eigenvalue weighted by atomic mass is 10.2. The van der Waals surface area contributed by atoms with E-state index in [0.29, 0.717) is 6.04 Å². The van der Waals surface area contributed by atoms with Crippen molar-refractivity contribution in [3.05, 3.63) is 0 Å². The summed E-state index contributed by atoms with van der Waals surface area (Å²) in [5.41, 5.74) is 0. The highest BCUT2D eigenvalue weighted by atomic mass is 16.2. The Balaban J connectivity index is 2.46. The third-order valence-electron chi connectivity index (χ3n) is 2.90. The Hall–Kier alpha value is -1.01. The zero-order chi connectivity index (χ0) is 11.8. The predicted molar refractivity (Wildman–Crippen MR) is 66.0 cm³/mol. The summed E-state index contributed by atoms with van der Waals surface area (Å²) in [4.78, 5) is 13.7. The number of nitrogens with one attached hydrogen (secondary N) is 1. The summed E-state index contributed by atoms with van der Waals surface area (Å²) in [5, 5.41) is 3.42. The highest BCUT2D eigenvalue weighted by Crippen LogP contribution is 2.08. The van der Waals surface area contributed by atoms with Crippen molar-refractivity contribution in [3.8, 4) is 11.8 Å². The van der Waals surface area contributed by atoms with Crippen LogP contribution in [0.25, 0.3) is 0 Å². The minimum absolute atomic E-state index is 0.0235. The Morgan fingerprint density at radius 2 is 2.38 bits per heavy atom. The van der Waals surface area contributed by atoms with E-state index in [1.54, 1.807) is 6.92 Å². The van der Waals surface area contributed by atoms with E-state index < -0.39 is 0 Å². The smallest absolute Gasteiger partial charge is 0.298 e. The van der Waals surface area contributed by atoms with Crippen LogP contribution in [0, 0.1) is 11.8 Å². The average Bonchev–Trinajstić information content (AvgIpc) is 2.77. The number of rotatable bonds is 5. The monoisotopic (exact) mass is 222 g/mol. The SMILES string of the molecule is CC#CC(=O)N(CCCC)CC1CCCN1. The van der Waals surface area contributed by atoms with Crippen molar-refractivity contribution in [3.63, 3.8) is 0 Å². The van der Waals surface area contributed by atoms with Crippen LogP contribution in [0.3, 0.4) is 0 Å². The van der Waals surface area contributed by atoms with E-state index in [2.05, 4.69) is 24.1 Å². The molecule has 3 nitrogen and oxygen atoms in total. The first-order valence-electron chi connectivity index (χ1n) is 6.23. The predicted octanol–water partition coefficient (Wildman–Crippen LogP) is 1.39. The van der Waals surface area contributed by atoms with Crippen molar-refractivity contribution in [2.45, 2.75) is 45.6 Å². The van der Waals surface area contributed by atoms with Crippen LogP contribution >= 0.6 is 0 Å². The van der Waals surface area contributed by atoms with Gasteiger partial charge in [0, 0.05) is 19.1 Å². The Kier molecular flexibility index (Phi) is 5.95. The lowest BCUT2D eigenvalue weighted by Crippen LogP contribution is -2.41. The fourth-order valence-electron chi connectivity index (χ4n) is 1.99. The molecular formula is C13H22N2O. The topological polar surface area (TPSA) is 32.3 Å². The van der Waals surface area contributed by atoms with E-state index in [9.17, 15) is 4.79 Å². The van der Waals surface area contributed by atoms with Crippen LogP contribution in [0.15, 0.2) is 0 Å². The number of amides is 1. The molecule has 16 heavy (non-hydrogen) atoms. The van der Waals surface area contributed by atoms with Crippen LogP contribution in [0.1, 0.15) is 39.5 Å². The van der Waals surface area contributed by atoms with E-state index in [-0.39, 0.29) is 5.91 Å². The highest BCUT2D eigenvalue weighted by molar-refractivity contribution is 5.93. The summed E-state index contributed by atoms with van der Waals surface area (Å²) in [6.07, 6.45) is 4.57. The Morgan fingerprint density at radius 3 is 2.94 bits per heavy atom. The van der Waals surface area contributed by atoms with Crippen LogP contribution < -0.4 is 5.32 Å². The van der Waals surface area contributed by atoms with Crippen LogP contribution in [0.4, 0.5) is 0 Å². The molecule has 1 atom stereocenters. The molecule has 1 fully saturated rings. The van der Waals surface area contributed by atoms with Crippen LogP contribution in [0.2, 0.25) is 0 Å². The van der Waals surface area contributed by atoms with E-state index in [1.165, 1.54) is 12.8 Å². The lowest BCUT2D eigenvalue weighted by Gasteiger charge is -2.23. The quantitative estimate of drug-likeness (QED) is 0.713. The van der Waals surface area contributed by atoms with E-state index in [1.807, 2.05) is 4.90 Å². The molecule has 1 unspecified atom stereocenters. The second kappa shape index (κ2) is 7.29. The van der Waals surface area contributed by atoms with Gasteiger partial charge in [0.05, 0.1) is 0 Å². The molecule has 1 heterocycles. The molecule has 3 heteroatoms. The first-order chi connectivity index (χ1) is 7.77. The Morgan fingerprint density at radius 1 is 1.56 bits per heavy atom. The molecule has 1 amide bonds. The maximum absolute atomic E-state index is 11.8. The maximum Gasteiger partial charge on any atom is 0.298 e. The van der Waals surface area contributed by atoms with Gasteiger partial charge in [-0.2, -0.15) is 0 Å². The van der Waals surface area contributed by atoms with E-state index >= 15 is 0 Å². The minimum Gasteiger partial charge on any atom is -0.330 e. The molecule has 0 spiro atoms. The summed E-state index contributed by atoms with van der Waals surface area (Å²) in [5.74, 6) is 5.30. The van der Waals surface area contributed by atoms with Crippen LogP contribution in [0.5, 0.6) is 0 Å². The van der Waals surface area contributed by atoms with Gasteiger partial charge in [-0.25, -0.2) is 0 Å². The van der Waals surface area contributed by atoms with Crippen LogP contribution in [-0.2, 0) is 4.79 Å². The van der Waals surface area contributed by atoms with Gasteiger partial charge in [0.15, 0.2) is 0 Å². The molecule has 0 aromatic rings. The molecule has 0 aromatic carbocycles. The first-order valence-corrected chi connectivity index (χ1v) is 6.23. The van der Waals surface area contributed by atoms with E-state index in [4.69, 9.17) is 0 Å². The molecule has 0 radical (unpaired) electrons. The van der Waals surface area contributed by atoms with Gasteiger partial charge in [-0.1, -0.05) is 19.3 Å². The molecule has 0 aromatic heterocycles. The molecule has 1 saturated heterocycles. The van der Waals surface area contributed by atoms with Crippen LogP contribution in [-0.4, -0.2) is 36.5 Å². The third kappa shape index (κ3) is 4.24. The maximum atomic E-state index is 11.8. The summed E-state index contributed by atoms with van der Waals surface area (Å²) in [6.45, 7) is 6.58. The van der Waals surface area contributed by atoms with Crippen molar-refractivity contribution in [1.82, 2.24) is 10.2 Å². The summed E-state index contributed by atoms with van der Waals surface area (Å²) in [7, 11) is 0. The number of carbonyl (C=O) groups excluding carboxylic acids is 1. The second-order valence-electron chi connectivity index (χ2n) is 4.27. The van der Waals surface area contributed by atoms with Crippen molar-refractivity contribution in [1.29, 1.82) is 0 Å². The lowest BCUT2D eigenvalue weighted by molar-refractivity contribution is -0.125. The second-order valence-corrected chi connectivity index (χ2v) is 4.27. The Labute approximate surface area is 98.6 Å². The fraction of sp³-hybridized carbons (Fsp3) is 0.769. The number of hydrogen-bond donors (Lipinski definition) is 1. The van der Waals surface area contributed by atoms with E-state index in [0.717, 1.165) is 32.5 Å². The summed E-state index contributed by atoms with van der Waals surface area (Å²) >= 11 is 0. The molecule has 0 saturated carbocycles. The highest BCUT2D eigenvalue weighted by Gasteiger charge is 2.19. The number of hydrogen-bond acceptors (Lipinski definition) is 2. The zero-order valence-electron chi connectivity index (χ0n) is 10.4. The third-order valence-corrected chi connectivity index (χ3v) is 2.90. The molecule has 0 bridgehead atoms. The molecule has 1 aliphatic heterocycles. The standard InChI is InChI=1S/C13H22N2O/c1-3-5-10-15(13(16)7-4-2)11-12-8-6-9-14-12/h12,14H,3,5-6,8-11H2,1-2H3. The number of unbranched alkanes of at least 4 members (excludes halogenated alkanes) is 1. The van der Waals surface area contributed by atoms with Gasteiger partial charge in [0.1, 0.15) is 0 Å². The number of carbonyl (C=O) groups is 1. The molecular weight excluding hydrogens is 200 g/mol. The minimum atomic E-state index is -0.0235. The Bertz CT molecular complexity index is 271.